The topological polar surface area (TPSA) is 119 Å². The normalized spacial score (nSPS) is 23.0. The van der Waals surface area contributed by atoms with Crippen LogP contribution in [0.5, 0.6) is 0 Å². The Morgan fingerprint density at radius 1 is 1.02 bits per heavy atom. The zero-order valence-corrected chi connectivity index (χ0v) is 23.6. The first kappa shape index (κ1) is 27.9. The summed E-state index contributed by atoms with van der Waals surface area (Å²) in [5.74, 6) is -0.185. The summed E-state index contributed by atoms with van der Waals surface area (Å²) in [7, 11) is 0. The minimum atomic E-state index is -0.422. The minimum absolute atomic E-state index is 0.00414. The maximum absolute atomic E-state index is 13.2. The molecule has 1 saturated carbocycles. The van der Waals surface area contributed by atoms with E-state index in [4.69, 9.17) is 11.6 Å². The lowest BCUT2D eigenvalue weighted by atomic mass is 9.76. The molecule has 1 aliphatic carbocycles. The molecule has 1 amide bonds. The van der Waals surface area contributed by atoms with Crippen LogP contribution >= 0.6 is 23.4 Å². The standard InChI is InChI=1S/C29H29ClN4O5S/c1-3-32(4-2)29(35)18-11-14-22-20(15-18)26-21(28(31-22)17-9-12-19(13-10-17)33(36)37)16-25(27(26)30)40-24-8-6-5-7-23(24)34(38)39/h5-15,21,25-28,31H,3-4,16H2,1-2H3/t21-,25-,26+,27-,28-/m0/s1. The third-order valence-corrected chi connectivity index (χ3v) is 10.0. The van der Waals surface area contributed by atoms with Crippen molar-refractivity contribution in [3.8, 4) is 0 Å². The molecular weight excluding hydrogens is 552 g/mol. The number of amides is 1. The molecule has 2 aliphatic rings. The molecule has 0 unspecified atom stereocenters. The molecule has 1 heterocycles. The van der Waals surface area contributed by atoms with Crippen molar-refractivity contribution >= 4 is 46.3 Å². The van der Waals surface area contributed by atoms with Gasteiger partial charge in [-0.3, -0.25) is 25.0 Å². The van der Waals surface area contributed by atoms with Crippen molar-refractivity contribution < 1.29 is 14.6 Å². The van der Waals surface area contributed by atoms with Crippen LogP contribution in [0.3, 0.4) is 0 Å². The minimum Gasteiger partial charge on any atom is -0.378 e. The van der Waals surface area contributed by atoms with Gasteiger partial charge in [-0.2, -0.15) is 0 Å². The molecule has 5 atom stereocenters. The van der Waals surface area contributed by atoms with Crippen LogP contribution < -0.4 is 5.32 Å². The molecule has 1 fully saturated rings. The molecule has 0 aromatic heterocycles. The summed E-state index contributed by atoms with van der Waals surface area (Å²) in [6.07, 6.45) is 0.665. The van der Waals surface area contributed by atoms with E-state index in [-0.39, 0.29) is 50.7 Å². The Labute approximate surface area is 241 Å². The van der Waals surface area contributed by atoms with Crippen LogP contribution in [0, 0.1) is 26.1 Å². The molecule has 208 valence electrons. The average Bonchev–Trinajstić information content (AvgIpc) is 3.29. The second-order valence-corrected chi connectivity index (χ2v) is 11.8. The smallest absolute Gasteiger partial charge is 0.282 e. The zero-order valence-electron chi connectivity index (χ0n) is 22.0. The molecule has 40 heavy (non-hydrogen) atoms. The number of carbonyl (C=O) groups is 1. The second-order valence-electron chi connectivity index (χ2n) is 10.0. The summed E-state index contributed by atoms with van der Waals surface area (Å²) < 4.78 is 0. The van der Waals surface area contributed by atoms with Crippen molar-refractivity contribution in [1.82, 2.24) is 4.90 Å². The van der Waals surface area contributed by atoms with Crippen molar-refractivity contribution in [3.63, 3.8) is 0 Å². The van der Waals surface area contributed by atoms with E-state index in [1.54, 1.807) is 35.2 Å². The first-order valence-electron chi connectivity index (χ1n) is 13.2. The molecule has 5 rings (SSSR count). The molecule has 1 N–H and O–H groups in total. The number of fused-ring (bicyclic) bond motifs is 3. The van der Waals surface area contributed by atoms with E-state index in [0.717, 1.165) is 16.8 Å². The number of carbonyl (C=O) groups excluding carboxylic acids is 1. The Balaban J connectivity index is 1.55. The Hall–Kier alpha value is -3.63. The monoisotopic (exact) mass is 580 g/mol. The molecule has 0 saturated heterocycles. The molecular formula is C29H29ClN4O5S. The van der Waals surface area contributed by atoms with Gasteiger partial charge >= 0.3 is 0 Å². The molecule has 11 heteroatoms. The summed E-state index contributed by atoms with van der Waals surface area (Å²) >= 11 is 8.64. The fourth-order valence-corrected chi connectivity index (χ4v) is 7.89. The van der Waals surface area contributed by atoms with Gasteiger partial charge in [0.05, 0.1) is 26.2 Å². The average molecular weight is 581 g/mol. The first-order valence-corrected chi connectivity index (χ1v) is 14.5. The van der Waals surface area contributed by atoms with Crippen LogP contribution in [0.2, 0.25) is 0 Å². The molecule has 0 radical (unpaired) electrons. The number of benzene rings is 3. The van der Waals surface area contributed by atoms with Gasteiger partial charge in [0.1, 0.15) is 0 Å². The number of rotatable bonds is 8. The number of thioether (sulfide) groups is 1. The van der Waals surface area contributed by atoms with E-state index in [1.807, 2.05) is 32.0 Å². The lowest BCUT2D eigenvalue weighted by Gasteiger charge is -2.38. The van der Waals surface area contributed by atoms with Gasteiger partial charge in [0.15, 0.2) is 0 Å². The van der Waals surface area contributed by atoms with E-state index in [2.05, 4.69) is 5.32 Å². The quantitative estimate of drug-likeness (QED) is 0.173. The predicted octanol–water partition coefficient (Wildman–Crippen LogP) is 7.02. The molecule has 0 bridgehead atoms. The maximum Gasteiger partial charge on any atom is 0.282 e. The third kappa shape index (κ3) is 5.13. The first-order chi connectivity index (χ1) is 19.2. The van der Waals surface area contributed by atoms with Gasteiger partial charge in [0.25, 0.3) is 17.3 Å². The molecule has 9 nitrogen and oxygen atoms in total. The highest BCUT2D eigenvalue weighted by Gasteiger charge is 2.50. The summed E-state index contributed by atoms with van der Waals surface area (Å²) in [6.45, 7) is 5.10. The highest BCUT2D eigenvalue weighted by molar-refractivity contribution is 8.00. The van der Waals surface area contributed by atoms with Gasteiger partial charge in [-0.05, 0) is 61.6 Å². The maximum atomic E-state index is 13.2. The van der Waals surface area contributed by atoms with E-state index in [9.17, 15) is 25.0 Å². The molecule has 0 spiro atoms. The molecule has 1 aliphatic heterocycles. The molecule has 3 aromatic carbocycles. The van der Waals surface area contributed by atoms with E-state index >= 15 is 0 Å². The van der Waals surface area contributed by atoms with Gasteiger partial charge in [0.2, 0.25) is 0 Å². The largest absolute Gasteiger partial charge is 0.378 e. The SMILES string of the molecule is CCN(CC)C(=O)c1ccc2c(c1)[C@H]1[C@@H](Cl)[C@@H](Sc3ccccc3[N+](=O)[O-])C[C@@H]1[C@H](c1ccc([N+](=O)[O-])cc1)N2. The molecule has 3 aromatic rings. The van der Waals surface area contributed by atoms with Gasteiger partial charge in [-0.1, -0.05) is 24.3 Å². The number of hydrogen-bond acceptors (Lipinski definition) is 7. The summed E-state index contributed by atoms with van der Waals surface area (Å²) in [5.41, 5.74) is 3.37. The van der Waals surface area contributed by atoms with Crippen LogP contribution in [0.25, 0.3) is 0 Å². The summed E-state index contributed by atoms with van der Waals surface area (Å²) in [5, 5.41) is 26.0. The lowest BCUT2D eigenvalue weighted by Crippen LogP contribution is -2.33. The second kappa shape index (κ2) is 11.5. The number of para-hydroxylation sites is 1. The van der Waals surface area contributed by atoms with Crippen LogP contribution in [0.1, 0.15) is 53.7 Å². The van der Waals surface area contributed by atoms with E-state index < -0.39 is 4.92 Å². The van der Waals surface area contributed by atoms with Gasteiger partial charge in [-0.15, -0.1) is 23.4 Å². The highest BCUT2D eigenvalue weighted by Crippen LogP contribution is 2.58. The number of nitrogens with zero attached hydrogens (tertiary/aromatic N) is 3. The Bertz CT molecular complexity index is 1450. The van der Waals surface area contributed by atoms with Crippen LogP contribution in [-0.2, 0) is 0 Å². The van der Waals surface area contributed by atoms with E-state index in [1.165, 1.54) is 30.0 Å². The van der Waals surface area contributed by atoms with Crippen LogP contribution in [0.15, 0.2) is 71.6 Å². The van der Waals surface area contributed by atoms with Crippen molar-refractivity contribution in [1.29, 1.82) is 0 Å². The van der Waals surface area contributed by atoms with E-state index in [0.29, 0.717) is 30.0 Å². The van der Waals surface area contributed by atoms with Crippen molar-refractivity contribution in [2.45, 2.75) is 47.8 Å². The number of nitro benzene ring substituents is 2. The van der Waals surface area contributed by atoms with Crippen molar-refractivity contribution in [3.05, 3.63) is 104 Å². The number of halogens is 1. The van der Waals surface area contributed by atoms with Crippen molar-refractivity contribution in [2.75, 3.05) is 18.4 Å². The number of alkyl halides is 1. The Morgan fingerprint density at radius 3 is 2.38 bits per heavy atom. The fourth-order valence-electron chi connectivity index (χ4n) is 5.95. The third-order valence-electron chi connectivity index (χ3n) is 7.91. The Kier molecular flexibility index (Phi) is 8.00. The summed E-state index contributed by atoms with van der Waals surface area (Å²) in [4.78, 5) is 37.6. The number of nitro groups is 2. The zero-order chi connectivity index (χ0) is 28.6. The van der Waals surface area contributed by atoms with Gasteiger partial charge in [-0.25, -0.2) is 0 Å². The predicted molar refractivity (Wildman–Crippen MR) is 156 cm³/mol. The lowest BCUT2D eigenvalue weighted by molar-refractivity contribution is -0.387. The number of nitrogens with one attached hydrogen (secondary N) is 1. The highest BCUT2D eigenvalue weighted by atomic mass is 35.5. The van der Waals surface area contributed by atoms with Crippen molar-refractivity contribution in [2.24, 2.45) is 5.92 Å². The summed E-state index contributed by atoms with van der Waals surface area (Å²) in [6, 6.07) is 18.7. The fraction of sp³-hybridized carbons (Fsp3) is 0.345. The number of anilines is 1. The number of hydrogen-bond donors (Lipinski definition) is 1. The van der Waals surface area contributed by atoms with Gasteiger partial charge in [0, 0.05) is 53.7 Å². The van der Waals surface area contributed by atoms with Gasteiger partial charge < -0.3 is 10.2 Å². The Morgan fingerprint density at radius 2 is 1.73 bits per heavy atom. The van der Waals surface area contributed by atoms with Crippen LogP contribution in [0.4, 0.5) is 17.1 Å². The number of non-ortho nitro benzene ring substituents is 1. The van der Waals surface area contributed by atoms with Crippen LogP contribution in [-0.4, -0.2) is 44.4 Å².